The summed E-state index contributed by atoms with van der Waals surface area (Å²) in [6.45, 7) is 0. The molecule has 0 atom stereocenters. The zero-order valence-corrected chi connectivity index (χ0v) is 5.99. The van der Waals surface area contributed by atoms with Crippen LogP contribution in [0.1, 0.15) is 5.56 Å². The van der Waals surface area contributed by atoms with Crippen LogP contribution in [0.2, 0.25) is 0 Å². The Balaban J connectivity index is 2.14. The Hall–Kier alpha value is -2.05. The average molecular weight is 163 g/mol. The van der Waals surface area contributed by atoms with Gasteiger partial charge in [-0.3, -0.25) is 5.10 Å². The van der Waals surface area contributed by atoms with Gasteiger partial charge in [0.25, 0.3) is 0 Å². The monoisotopic (exact) mass is 163 g/mol. The van der Waals surface area contributed by atoms with Gasteiger partial charge < -0.3 is 0 Å². The normalized spacial score (nSPS) is 11.0. The first-order chi connectivity index (χ1) is 5.95. The van der Waals surface area contributed by atoms with Crippen LogP contribution in [0.25, 0.3) is 0 Å². The molecule has 0 saturated carbocycles. The molecule has 2 heterocycles. The fourth-order valence-corrected chi connectivity index (χ4v) is 0.667. The quantitative estimate of drug-likeness (QED) is 0.592. The molecule has 1 N–H and O–H groups in total. The maximum Gasteiger partial charge on any atom is 0.164 e. The minimum absolute atomic E-state index is 0.866. The summed E-state index contributed by atoms with van der Waals surface area (Å²) in [6, 6.07) is 0. The molecule has 0 unspecified atom stereocenters. The molecule has 0 radical (unpaired) electrons. The van der Waals surface area contributed by atoms with E-state index in [2.05, 4.69) is 30.8 Å². The second-order valence-corrected chi connectivity index (χ2v) is 2.01. The fraction of sp³-hybridized carbons (Fsp3) is 0. The van der Waals surface area contributed by atoms with Gasteiger partial charge in [-0.05, 0) is 10.4 Å². The molecular weight excluding hydrogens is 158 g/mol. The van der Waals surface area contributed by atoms with Crippen LogP contribution in [-0.4, -0.2) is 36.7 Å². The number of aromatic amines is 1. The standard InChI is InChI=1S/C5H5N7/c1-5(2-7-6-1)3-9-12-4-8-10-11-12/h1-4H,(H,6,7)/b9-3-. The maximum absolute atomic E-state index is 3.90. The zero-order chi connectivity index (χ0) is 8.23. The average Bonchev–Trinajstić information content (AvgIpc) is 2.74. The first-order valence-electron chi connectivity index (χ1n) is 3.21. The highest BCUT2D eigenvalue weighted by Gasteiger charge is 1.87. The van der Waals surface area contributed by atoms with E-state index in [-0.39, 0.29) is 0 Å². The number of aromatic nitrogens is 6. The van der Waals surface area contributed by atoms with Gasteiger partial charge in [-0.1, -0.05) is 0 Å². The van der Waals surface area contributed by atoms with Gasteiger partial charge in [0.15, 0.2) is 6.33 Å². The molecule has 7 heteroatoms. The van der Waals surface area contributed by atoms with Crippen LogP contribution >= 0.6 is 0 Å². The topological polar surface area (TPSA) is 84.6 Å². The van der Waals surface area contributed by atoms with Crippen molar-refractivity contribution in [2.75, 3.05) is 0 Å². The molecule has 2 rings (SSSR count). The molecule has 7 nitrogen and oxygen atoms in total. The van der Waals surface area contributed by atoms with Crippen molar-refractivity contribution < 1.29 is 0 Å². The second kappa shape index (κ2) is 2.91. The van der Waals surface area contributed by atoms with Gasteiger partial charge in [-0.25, -0.2) is 0 Å². The van der Waals surface area contributed by atoms with Crippen molar-refractivity contribution in [3.05, 3.63) is 24.3 Å². The van der Waals surface area contributed by atoms with Crippen molar-refractivity contribution in [1.29, 1.82) is 0 Å². The number of rotatable bonds is 2. The third kappa shape index (κ3) is 1.34. The van der Waals surface area contributed by atoms with Crippen LogP contribution in [0, 0.1) is 0 Å². The Morgan fingerprint density at radius 1 is 1.58 bits per heavy atom. The van der Waals surface area contributed by atoms with Crippen molar-refractivity contribution in [3.63, 3.8) is 0 Å². The van der Waals surface area contributed by atoms with Gasteiger partial charge in [0, 0.05) is 11.8 Å². The van der Waals surface area contributed by atoms with E-state index in [9.17, 15) is 0 Å². The third-order valence-electron chi connectivity index (χ3n) is 1.18. The Bertz CT molecular complexity index is 309. The molecule has 0 aliphatic rings. The van der Waals surface area contributed by atoms with E-state index in [1.54, 1.807) is 18.6 Å². The van der Waals surface area contributed by atoms with E-state index in [0.29, 0.717) is 0 Å². The first kappa shape index (κ1) is 6.65. The summed E-state index contributed by atoms with van der Waals surface area (Å²) in [4.78, 5) is 1.26. The van der Waals surface area contributed by atoms with Gasteiger partial charge in [0.1, 0.15) is 0 Å². The zero-order valence-electron chi connectivity index (χ0n) is 5.99. The first-order valence-corrected chi connectivity index (χ1v) is 3.21. The minimum atomic E-state index is 0.866. The van der Waals surface area contributed by atoms with Crippen LogP contribution < -0.4 is 0 Å². The Morgan fingerprint density at radius 2 is 2.58 bits per heavy atom. The second-order valence-electron chi connectivity index (χ2n) is 2.01. The van der Waals surface area contributed by atoms with E-state index in [1.807, 2.05) is 0 Å². The molecule has 0 aromatic carbocycles. The van der Waals surface area contributed by atoms with Crippen molar-refractivity contribution >= 4 is 6.21 Å². The van der Waals surface area contributed by atoms with Gasteiger partial charge in [-0.15, -0.1) is 9.89 Å². The molecule has 0 aliphatic heterocycles. The van der Waals surface area contributed by atoms with Gasteiger partial charge in [0.05, 0.1) is 12.4 Å². The number of tetrazole rings is 1. The SMILES string of the molecule is C(=N/n1cnnn1)/c1cn[nH]c1. The van der Waals surface area contributed by atoms with Crippen LogP contribution in [0.5, 0.6) is 0 Å². The number of hydrogen-bond acceptors (Lipinski definition) is 5. The summed E-state index contributed by atoms with van der Waals surface area (Å²) >= 11 is 0. The molecule has 0 spiro atoms. The summed E-state index contributed by atoms with van der Waals surface area (Å²) in [7, 11) is 0. The maximum atomic E-state index is 3.90. The van der Waals surface area contributed by atoms with Crippen molar-refractivity contribution in [2.24, 2.45) is 5.10 Å². The molecule has 0 fully saturated rings. The van der Waals surface area contributed by atoms with Gasteiger partial charge >= 0.3 is 0 Å². The van der Waals surface area contributed by atoms with Crippen LogP contribution in [0.15, 0.2) is 23.8 Å². The Morgan fingerprint density at radius 3 is 3.25 bits per heavy atom. The van der Waals surface area contributed by atoms with E-state index in [0.717, 1.165) is 5.56 Å². The molecule has 0 aliphatic carbocycles. The lowest BCUT2D eigenvalue weighted by atomic mass is 10.4. The van der Waals surface area contributed by atoms with Crippen molar-refractivity contribution in [2.45, 2.75) is 0 Å². The molecular formula is C5H5N7. The van der Waals surface area contributed by atoms with Crippen molar-refractivity contribution in [3.8, 4) is 0 Å². The van der Waals surface area contributed by atoms with E-state index < -0.39 is 0 Å². The Labute approximate surface area is 67.1 Å². The lowest BCUT2D eigenvalue weighted by molar-refractivity contribution is 0.693. The fourth-order valence-electron chi connectivity index (χ4n) is 0.667. The summed E-state index contributed by atoms with van der Waals surface area (Å²) in [6.07, 6.45) is 6.36. The summed E-state index contributed by atoms with van der Waals surface area (Å²) < 4.78 is 0. The molecule has 0 bridgehead atoms. The summed E-state index contributed by atoms with van der Waals surface area (Å²) in [5.41, 5.74) is 0.866. The highest BCUT2D eigenvalue weighted by atomic mass is 15.6. The number of hydrogen-bond donors (Lipinski definition) is 1. The van der Waals surface area contributed by atoms with Gasteiger partial charge in [-0.2, -0.15) is 10.2 Å². The predicted octanol–water partition coefficient (Wildman–Crippen LogP) is -0.722. The highest BCUT2D eigenvalue weighted by Crippen LogP contribution is 1.87. The smallest absolute Gasteiger partial charge is 0.164 e. The van der Waals surface area contributed by atoms with Gasteiger partial charge in [0.2, 0.25) is 0 Å². The van der Waals surface area contributed by atoms with Crippen LogP contribution in [-0.2, 0) is 0 Å². The summed E-state index contributed by atoms with van der Waals surface area (Å²) in [5, 5.41) is 20.7. The van der Waals surface area contributed by atoms with Crippen molar-refractivity contribution in [1.82, 2.24) is 30.5 Å². The third-order valence-corrected chi connectivity index (χ3v) is 1.18. The Kier molecular flexibility index (Phi) is 1.61. The lowest BCUT2D eigenvalue weighted by Gasteiger charge is -1.83. The predicted molar refractivity (Wildman–Crippen MR) is 39.4 cm³/mol. The number of H-pyrrole nitrogens is 1. The molecule has 2 aromatic heterocycles. The molecule has 0 saturated heterocycles. The van der Waals surface area contributed by atoms with E-state index in [4.69, 9.17) is 0 Å². The van der Waals surface area contributed by atoms with E-state index >= 15 is 0 Å². The minimum Gasteiger partial charge on any atom is -0.285 e. The molecule has 12 heavy (non-hydrogen) atoms. The summed E-state index contributed by atoms with van der Waals surface area (Å²) in [5.74, 6) is 0. The van der Waals surface area contributed by atoms with Crippen LogP contribution in [0.4, 0.5) is 0 Å². The van der Waals surface area contributed by atoms with Crippen LogP contribution in [0.3, 0.4) is 0 Å². The molecule has 60 valence electrons. The number of nitrogens with zero attached hydrogens (tertiary/aromatic N) is 6. The lowest BCUT2D eigenvalue weighted by Crippen LogP contribution is -1.90. The highest BCUT2D eigenvalue weighted by molar-refractivity contribution is 5.78. The molecule has 0 amide bonds. The molecule has 2 aromatic rings. The van der Waals surface area contributed by atoms with E-state index in [1.165, 1.54) is 11.1 Å². The number of nitrogens with one attached hydrogen (secondary N) is 1. The largest absolute Gasteiger partial charge is 0.285 e.